The summed E-state index contributed by atoms with van der Waals surface area (Å²) in [7, 11) is 0. The SMILES string of the molecule is CCNc1nccn1Cc1sccc1CC. The van der Waals surface area contributed by atoms with Crippen LogP contribution in [-0.2, 0) is 13.0 Å². The van der Waals surface area contributed by atoms with E-state index in [1.165, 1.54) is 10.4 Å². The second-order valence-corrected chi connectivity index (χ2v) is 4.63. The van der Waals surface area contributed by atoms with Gasteiger partial charge in [-0.3, -0.25) is 0 Å². The summed E-state index contributed by atoms with van der Waals surface area (Å²) in [6.07, 6.45) is 4.97. The van der Waals surface area contributed by atoms with Crippen molar-refractivity contribution in [2.24, 2.45) is 0 Å². The number of rotatable bonds is 5. The minimum Gasteiger partial charge on any atom is -0.356 e. The number of nitrogens with zero attached hydrogens (tertiary/aromatic N) is 2. The smallest absolute Gasteiger partial charge is 0.203 e. The fraction of sp³-hybridized carbons (Fsp3) is 0.417. The molecule has 0 aliphatic rings. The predicted molar refractivity (Wildman–Crippen MR) is 69.2 cm³/mol. The molecule has 0 saturated carbocycles. The molecule has 0 fully saturated rings. The summed E-state index contributed by atoms with van der Waals surface area (Å²) in [5.41, 5.74) is 1.45. The Morgan fingerprint density at radius 2 is 2.31 bits per heavy atom. The van der Waals surface area contributed by atoms with Crippen molar-refractivity contribution in [3.8, 4) is 0 Å². The van der Waals surface area contributed by atoms with Crippen molar-refractivity contribution < 1.29 is 0 Å². The second-order valence-electron chi connectivity index (χ2n) is 3.63. The van der Waals surface area contributed by atoms with Crippen LogP contribution in [0.15, 0.2) is 23.8 Å². The Bertz CT molecular complexity index is 445. The van der Waals surface area contributed by atoms with Crippen LogP contribution in [0.1, 0.15) is 24.3 Å². The maximum absolute atomic E-state index is 4.30. The van der Waals surface area contributed by atoms with Crippen molar-refractivity contribution in [2.75, 3.05) is 11.9 Å². The topological polar surface area (TPSA) is 29.9 Å². The molecule has 4 heteroatoms. The number of hydrogen-bond acceptors (Lipinski definition) is 3. The summed E-state index contributed by atoms with van der Waals surface area (Å²) in [5.74, 6) is 0.956. The molecule has 0 bridgehead atoms. The van der Waals surface area contributed by atoms with E-state index >= 15 is 0 Å². The highest BCUT2D eigenvalue weighted by Gasteiger charge is 2.06. The fourth-order valence-electron chi connectivity index (χ4n) is 1.74. The molecular formula is C12H17N3S. The van der Waals surface area contributed by atoms with E-state index in [9.17, 15) is 0 Å². The lowest BCUT2D eigenvalue weighted by Crippen LogP contribution is -2.07. The molecule has 86 valence electrons. The molecule has 2 aromatic heterocycles. The van der Waals surface area contributed by atoms with Crippen molar-refractivity contribution in [1.29, 1.82) is 0 Å². The normalized spacial score (nSPS) is 10.6. The Kier molecular flexibility index (Phi) is 3.62. The zero-order chi connectivity index (χ0) is 11.4. The number of anilines is 1. The van der Waals surface area contributed by atoms with Crippen LogP contribution >= 0.6 is 11.3 Å². The van der Waals surface area contributed by atoms with Crippen LogP contribution in [0, 0.1) is 0 Å². The number of hydrogen-bond donors (Lipinski definition) is 1. The van der Waals surface area contributed by atoms with Gasteiger partial charge < -0.3 is 9.88 Å². The zero-order valence-corrected chi connectivity index (χ0v) is 10.5. The molecule has 0 aliphatic carbocycles. The average Bonchev–Trinajstić information content (AvgIpc) is 2.89. The van der Waals surface area contributed by atoms with Gasteiger partial charge in [-0.05, 0) is 30.4 Å². The Morgan fingerprint density at radius 3 is 3.06 bits per heavy atom. The van der Waals surface area contributed by atoms with Gasteiger partial charge in [0.1, 0.15) is 0 Å². The molecule has 2 heterocycles. The molecule has 0 amide bonds. The molecule has 0 aromatic carbocycles. The fourth-order valence-corrected chi connectivity index (χ4v) is 2.71. The third-order valence-electron chi connectivity index (χ3n) is 2.58. The van der Waals surface area contributed by atoms with Gasteiger partial charge in [0.05, 0.1) is 6.54 Å². The molecule has 0 aliphatic heterocycles. The van der Waals surface area contributed by atoms with Gasteiger partial charge in [0.15, 0.2) is 0 Å². The molecule has 3 nitrogen and oxygen atoms in total. The predicted octanol–water partition coefficient (Wildman–Crippen LogP) is 2.99. The monoisotopic (exact) mass is 235 g/mol. The standard InChI is InChI=1S/C12H17N3S/c1-3-10-5-8-16-11(10)9-15-7-6-14-12(15)13-4-2/h5-8H,3-4,9H2,1-2H3,(H,13,14). The minimum absolute atomic E-state index is 0.905. The van der Waals surface area contributed by atoms with E-state index in [1.54, 1.807) is 0 Å². The van der Waals surface area contributed by atoms with Crippen molar-refractivity contribution >= 4 is 17.3 Å². The molecule has 0 saturated heterocycles. The van der Waals surface area contributed by atoms with E-state index in [0.717, 1.165) is 25.5 Å². The van der Waals surface area contributed by atoms with Gasteiger partial charge in [-0.2, -0.15) is 0 Å². The van der Waals surface area contributed by atoms with Crippen LogP contribution in [0.4, 0.5) is 5.95 Å². The van der Waals surface area contributed by atoms with Gasteiger partial charge >= 0.3 is 0 Å². The molecule has 0 unspecified atom stereocenters. The van der Waals surface area contributed by atoms with Crippen molar-refractivity contribution in [2.45, 2.75) is 26.8 Å². The third-order valence-corrected chi connectivity index (χ3v) is 3.53. The number of aromatic nitrogens is 2. The summed E-state index contributed by atoms with van der Waals surface area (Å²) in [6, 6.07) is 2.21. The van der Waals surface area contributed by atoms with E-state index in [4.69, 9.17) is 0 Å². The highest BCUT2D eigenvalue weighted by molar-refractivity contribution is 7.10. The minimum atomic E-state index is 0.905. The third kappa shape index (κ3) is 2.27. The lowest BCUT2D eigenvalue weighted by Gasteiger charge is -2.08. The lowest BCUT2D eigenvalue weighted by molar-refractivity contribution is 0.803. The van der Waals surface area contributed by atoms with Gasteiger partial charge in [-0.1, -0.05) is 6.92 Å². The largest absolute Gasteiger partial charge is 0.356 e. The van der Waals surface area contributed by atoms with Crippen LogP contribution in [0.5, 0.6) is 0 Å². The van der Waals surface area contributed by atoms with E-state index in [2.05, 4.69) is 40.2 Å². The van der Waals surface area contributed by atoms with Crippen LogP contribution in [0.2, 0.25) is 0 Å². The molecule has 2 aromatic rings. The molecule has 1 N–H and O–H groups in total. The first-order valence-corrected chi connectivity index (χ1v) is 6.53. The lowest BCUT2D eigenvalue weighted by atomic mass is 10.2. The van der Waals surface area contributed by atoms with E-state index in [0.29, 0.717) is 0 Å². The maximum atomic E-state index is 4.30. The van der Waals surface area contributed by atoms with Crippen LogP contribution in [-0.4, -0.2) is 16.1 Å². The van der Waals surface area contributed by atoms with Crippen molar-refractivity contribution in [3.05, 3.63) is 34.3 Å². The van der Waals surface area contributed by atoms with Gasteiger partial charge in [-0.25, -0.2) is 4.98 Å². The first-order chi connectivity index (χ1) is 7.85. The molecular weight excluding hydrogens is 218 g/mol. The first-order valence-electron chi connectivity index (χ1n) is 5.65. The summed E-state index contributed by atoms with van der Waals surface area (Å²) in [5, 5.41) is 5.43. The highest BCUT2D eigenvalue weighted by Crippen LogP contribution is 2.20. The van der Waals surface area contributed by atoms with Gasteiger partial charge in [0, 0.05) is 23.8 Å². The number of aryl methyl sites for hydroxylation is 1. The Morgan fingerprint density at radius 1 is 1.44 bits per heavy atom. The van der Waals surface area contributed by atoms with Gasteiger partial charge in [0.25, 0.3) is 0 Å². The average molecular weight is 235 g/mol. The number of imidazole rings is 1. The van der Waals surface area contributed by atoms with Gasteiger partial charge in [0.2, 0.25) is 5.95 Å². The van der Waals surface area contributed by atoms with Crippen molar-refractivity contribution in [1.82, 2.24) is 9.55 Å². The molecule has 0 atom stereocenters. The van der Waals surface area contributed by atoms with Crippen molar-refractivity contribution in [3.63, 3.8) is 0 Å². The summed E-state index contributed by atoms with van der Waals surface area (Å²) in [6.45, 7) is 6.11. The van der Waals surface area contributed by atoms with Crippen LogP contribution < -0.4 is 5.32 Å². The summed E-state index contributed by atoms with van der Waals surface area (Å²) < 4.78 is 2.16. The zero-order valence-electron chi connectivity index (χ0n) is 9.73. The van der Waals surface area contributed by atoms with Crippen LogP contribution in [0.3, 0.4) is 0 Å². The Hall–Kier alpha value is -1.29. The maximum Gasteiger partial charge on any atom is 0.203 e. The number of nitrogens with one attached hydrogen (secondary N) is 1. The molecule has 16 heavy (non-hydrogen) atoms. The van der Waals surface area contributed by atoms with Gasteiger partial charge in [-0.15, -0.1) is 11.3 Å². The van der Waals surface area contributed by atoms with E-state index in [-0.39, 0.29) is 0 Å². The molecule has 0 radical (unpaired) electrons. The molecule has 0 spiro atoms. The molecule has 2 rings (SSSR count). The highest BCUT2D eigenvalue weighted by atomic mass is 32.1. The first kappa shape index (κ1) is 11.2. The Balaban J connectivity index is 2.17. The quantitative estimate of drug-likeness (QED) is 0.863. The van der Waals surface area contributed by atoms with E-state index < -0.39 is 0 Å². The van der Waals surface area contributed by atoms with Crippen LogP contribution in [0.25, 0.3) is 0 Å². The Labute approximate surface area is 100 Å². The summed E-state index contributed by atoms with van der Waals surface area (Å²) >= 11 is 1.82. The van der Waals surface area contributed by atoms with E-state index in [1.807, 2.05) is 23.7 Å². The summed E-state index contributed by atoms with van der Waals surface area (Å²) in [4.78, 5) is 5.73. The second kappa shape index (κ2) is 5.16. The number of thiophene rings is 1.